The highest BCUT2D eigenvalue weighted by atomic mass is 35.5. The summed E-state index contributed by atoms with van der Waals surface area (Å²) in [6, 6.07) is 11.7. The van der Waals surface area contributed by atoms with E-state index in [0.29, 0.717) is 5.69 Å². The van der Waals surface area contributed by atoms with E-state index in [1.54, 1.807) is 18.2 Å². The third kappa shape index (κ3) is 2.94. The van der Waals surface area contributed by atoms with E-state index in [2.05, 4.69) is 5.32 Å². The lowest BCUT2D eigenvalue weighted by atomic mass is 9.84. The normalized spacial score (nSPS) is 30.8. The van der Waals surface area contributed by atoms with Gasteiger partial charge in [0.1, 0.15) is 9.75 Å². The van der Waals surface area contributed by atoms with Gasteiger partial charge in [0, 0.05) is 5.69 Å². The van der Waals surface area contributed by atoms with Gasteiger partial charge in [0.25, 0.3) is 5.91 Å². The fourth-order valence-electron chi connectivity index (χ4n) is 5.17. The molecule has 35 heavy (non-hydrogen) atoms. The molecule has 182 valence electrons. The van der Waals surface area contributed by atoms with Crippen molar-refractivity contribution in [3.63, 3.8) is 0 Å². The molecule has 1 saturated heterocycles. The smallest absolute Gasteiger partial charge is 0.257 e. The van der Waals surface area contributed by atoms with Crippen molar-refractivity contribution in [1.82, 2.24) is 0 Å². The number of rotatable bonds is 3. The van der Waals surface area contributed by atoms with Crippen LogP contribution in [0.2, 0.25) is 0 Å². The fraction of sp³-hybridized carbons (Fsp3) is 0.292. The highest BCUT2D eigenvalue weighted by Gasteiger charge is 2.87. The molecule has 1 heterocycles. The summed E-state index contributed by atoms with van der Waals surface area (Å²) in [5, 5.41) is 2.50. The third-order valence-electron chi connectivity index (χ3n) is 7.15. The Balaban J connectivity index is 1.57. The molecule has 1 saturated carbocycles. The molecule has 2 aromatic carbocycles. The molecule has 2 aliphatic carbocycles. The van der Waals surface area contributed by atoms with Gasteiger partial charge in [-0.3, -0.25) is 14.4 Å². The average molecular weight is 593 g/mol. The Morgan fingerprint density at radius 3 is 1.97 bits per heavy atom. The van der Waals surface area contributed by atoms with Crippen LogP contribution < -0.4 is 10.2 Å². The van der Waals surface area contributed by atoms with Crippen LogP contribution in [0.5, 0.6) is 0 Å². The molecule has 4 atom stereocenters. The van der Waals surface area contributed by atoms with E-state index in [1.165, 1.54) is 12.1 Å². The van der Waals surface area contributed by atoms with Crippen LogP contribution in [0.15, 0.2) is 52.5 Å². The molecule has 0 radical (unpaired) electrons. The number of imide groups is 1. The number of benzene rings is 2. The van der Waals surface area contributed by atoms with Crippen LogP contribution in [0.1, 0.15) is 21.5 Å². The number of carbonyl (C=O) groups is 3. The van der Waals surface area contributed by atoms with Crippen molar-refractivity contribution in [1.29, 1.82) is 0 Å². The number of hydrogen-bond acceptors (Lipinski definition) is 3. The van der Waals surface area contributed by atoms with E-state index in [0.717, 1.165) is 16.0 Å². The topological polar surface area (TPSA) is 66.5 Å². The highest BCUT2D eigenvalue weighted by molar-refractivity contribution is 6.67. The third-order valence-corrected chi connectivity index (χ3v) is 11.4. The minimum atomic E-state index is -2.02. The predicted molar refractivity (Wildman–Crippen MR) is 140 cm³/mol. The Morgan fingerprint density at radius 1 is 0.857 bits per heavy atom. The van der Waals surface area contributed by atoms with Crippen LogP contribution in [-0.2, 0) is 9.59 Å². The summed E-state index contributed by atoms with van der Waals surface area (Å²) in [5.41, 5.74) is 2.66. The molecule has 2 aromatic rings. The lowest BCUT2D eigenvalue weighted by molar-refractivity contribution is -0.123. The van der Waals surface area contributed by atoms with Crippen molar-refractivity contribution < 1.29 is 14.4 Å². The number of allylic oxidation sites excluding steroid dienone is 2. The Hall–Kier alpha value is -1.47. The van der Waals surface area contributed by atoms with Crippen molar-refractivity contribution in [2.75, 3.05) is 10.2 Å². The number of carbonyl (C=O) groups excluding carboxylic acids is 3. The SMILES string of the molecule is Cc1cccc(NC(=O)c2ccccc2N2C(=O)[C@@H]3[C@@H](C2=O)[C@@]2(Cl)C(Cl)=C(Cl)[C@@]3(Cl)C2(Cl)Cl)c1C. The summed E-state index contributed by atoms with van der Waals surface area (Å²) < 4.78 is -2.02. The number of hydrogen-bond donors (Lipinski definition) is 1. The Morgan fingerprint density at radius 2 is 1.40 bits per heavy atom. The molecule has 11 heteroatoms. The zero-order valence-corrected chi connectivity index (χ0v) is 22.7. The summed E-state index contributed by atoms with van der Waals surface area (Å²) in [5.74, 6) is -4.52. The van der Waals surface area contributed by atoms with E-state index >= 15 is 0 Å². The van der Waals surface area contributed by atoms with Gasteiger partial charge in [0.15, 0.2) is 4.33 Å². The molecule has 3 aliphatic rings. The molecule has 2 fully saturated rings. The first-order valence-corrected chi connectivity index (χ1v) is 12.7. The average Bonchev–Trinajstić information content (AvgIpc) is 3.20. The Kier molecular flexibility index (Phi) is 5.77. The second-order valence-electron chi connectivity index (χ2n) is 8.81. The van der Waals surface area contributed by atoms with Crippen LogP contribution in [0, 0.1) is 25.7 Å². The molecule has 2 bridgehead atoms. The monoisotopic (exact) mass is 590 g/mol. The summed E-state index contributed by atoms with van der Waals surface area (Å²) in [7, 11) is 0. The summed E-state index contributed by atoms with van der Waals surface area (Å²) in [4.78, 5) is 37.7. The molecule has 0 unspecified atom stereocenters. The Labute approximate surface area is 231 Å². The second kappa shape index (κ2) is 8.01. The van der Waals surface area contributed by atoms with E-state index in [1.807, 2.05) is 26.0 Å². The molecular formula is C24H16Cl6N2O3. The van der Waals surface area contributed by atoms with Gasteiger partial charge >= 0.3 is 0 Å². The number of fused-ring (bicyclic) bond motifs is 5. The number of alkyl halides is 4. The summed E-state index contributed by atoms with van der Waals surface area (Å²) in [6.07, 6.45) is 0. The van der Waals surface area contributed by atoms with Crippen LogP contribution in [0.25, 0.3) is 0 Å². The zero-order chi connectivity index (χ0) is 25.7. The number of nitrogens with one attached hydrogen (secondary N) is 1. The van der Waals surface area contributed by atoms with Crippen LogP contribution in [0.4, 0.5) is 11.4 Å². The molecule has 1 N–H and O–H groups in total. The van der Waals surface area contributed by atoms with Crippen LogP contribution in [0.3, 0.4) is 0 Å². The maximum atomic E-state index is 13.7. The number of anilines is 2. The molecule has 0 aromatic heterocycles. The predicted octanol–water partition coefficient (Wildman–Crippen LogP) is 6.51. The van der Waals surface area contributed by atoms with Crippen molar-refractivity contribution >= 4 is 98.7 Å². The standard InChI is InChI=1S/C24H16Cl6N2O3/c1-10-6-5-8-13(11(10)2)31-19(33)12-7-3-4-9-14(12)32-20(34)15-16(21(32)35)23(28)18(26)17(25)22(15,27)24(23,29)30/h3-9,15-16H,1-2H3,(H,31,33)/t15-,16-,22+,23+/m0/s1. The zero-order valence-electron chi connectivity index (χ0n) is 18.1. The first-order valence-electron chi connectivity index (χ1n) is 10.5. The van der Waals surface area contributed by atoms with Gasteiger partial charge in [-0.05, 0) is 43.2 Å². The van der Waals surface area contributed by atoms with E-state index in [-0.39, 0.29) is 21.3 Å². The van der Waals surface area contributed by atoms with Gasteiger partial charge in [-0.15, -0.1) is 23.2 Å². The van der Waals surface area contributed by atoms with Crippen molar-refractivity contribution in [2.24, 2.45) is 11.8 Å². The van der Waals surface area contributed by atoms with Gasteiger partial charge < -0.3 is 5.32 Å². The number of amides is 3. The summed E-state index contributed by atoms with van der Waals surface area (Å²) in [6.45, 7) is 3.81. The summed E-state index contributed by atoms with van der Waals surface area (Å²) >= 11 is 39.3. The molecule has 3 amide bonds. The highest BCUT2D eigenvalue weighted by Crippen LogP contribution is 2.77. The fourth-order valence-corrected chi connectivity index (χ4v) is 8.10. The van der Waals surface area contributed by atoms with Gasteiger partial charge in [-0.2, -0.15) is 0 Å². The minimum absolute atomic E-state index is 0.0710. The number of aryl methyl sites for hydroxylation is 1. The van der Waals surface area contributed by atoms with Crippen molar-refractivity contribution in [3.8, 4) is 0 Å². The molecule has 0 spiro atoms. The largest absolute Gasteiger partial charge is 0.322 e. The maximum Gasteiger partial charge on any atom is 0.257 e. The first-order chi connectivity index (χ1) is 16.3. The molecule has 5 rings (SSSR count). The number of para-hydroxylation sites is 1. The van der Waals surface area contributed by atoms with Gasteiger partial charge in [0.2, 0.25) is 11.8 Å². The minimum Gasteiger partial charge on any atom is -0.322 e. The van der Waals surface area contributed by atoms with E-state index in [4.69, 9.17) is 69.6 Å². The van der Waals surface area contributed by atoms with Gasteiger partial charge in [0.05, 0.1) is 33.2 Å². The Bertz CT molecular complexity index is 1330. The van der Waals surface area contributed by atoms with Gasteiger partial charge in [-0.25, -0.2) is 4.90 Å². The lowest BCUT2D eigenvalue weighted by Gasteiger charge is -2.34. The molecular weight excluding hydrogens is 577 g/mol. The second-order valence-corrected chi connectivity index (χ2v) is 12.1. The lowest BCUT2D eigenvalue weighted by Crippen LogP contribution is -2.50. The van der Waals surface area contributed by atoms with Crippen molar-refractivity contribution in [2.45, 2.75) is 27.9 Å². The number of nitrogens with zero attached hydrogens (tertiary/aromatic N) is 1. The quantitative estimate of drug-likeness (QED) is 0.326. The first kappa shape index (κ1) is 25.2. The van der Waals surface area contributed by atoms with Crippen LogP contribution in [-0.4, -0.2) is 31.8 Å². The van der Waals surface area contributed by atoms with Gasteiger partial charge in [-0.1, -0.05) is 70.7 Å². The number of halogens is 6. The van der Waals surface area contributed by atoms with E-state index in [9.17, 15) is 14.4 Å². The molecule has 1 aliphatic heterocycles. The van der Waals surface area contributed by atoms with E-state index < -0.39 is 43.6 Å². The maximum absolute atomic E-state index is 13.7. The van der Waals surface area contributed by atoms with Crippen LogP contribution >= 0.6 is 69.6 Å². The molecule has 5 nitrogen and oxygen atoms in total. The van der Waals surface area contributed by atoms with Crippen molar-refractivity contribution in [3.05, 3.63) is 69.2 Å².